The fourth-order valence-electron chi connectivity index (χ4n) is 1.41. The van der Waals surface area contributed by atoms with Crippen molar-refractivity contribution in [3.63, 3.8) is 0 Å². The van der Waals surface area contributed by atoms with Crippen LogP contribution in [0.2, 0.25) is 0 Å². The van der Waals surface area contributed by atoms with E-state index in [1.54, 1.807) is 0 Å². The standard InChI is InChI=1S/C8H14N2/c1-3-10-6-4-5-8(10)7(2)9/h3,8H,1-2,4-6,9H2/t8-/m0/s1. The zero-order valence-electron chi connectivity index (χ0n) is 6.21. The predicted molar refractivity (Wildman–Crippen MR) is 43.3 cm³/mol. The molecule has 2 N–H and O–H groups in total. The van der Waals surface area contributed by atoms with Gasteiger partial charge in [-0.25, -0.2) is 0 Å². The molecule has 0 aromatic heterocycles. The lowest BCUT2D eigenvalue weighted by Crippen LogP contribution is -2.28. The number of hydrogen-bond donors (Lipinski definition) is 1. The maximum atomic E-state index is 5.58. The molecule has 2 heteroatoms. The Labute approximate surface area is 62.0 Å². The summed E-state index contributed by atoms with van der Waals surface area (Å²) < 4.78 is 0. The summed E-state index contributed by atoms with van der Waals surface area (Å²) in [6.45, 7) is 8.50. The van der Waals surface area contributed by atoms with Gasteiger partial charge < -0.3 is 10.6 Å². The van der Waals surface area contributed by atoms with Crippen LogP contribution < -0.4 is 5.73 Å². The van der Waals surface area contributed by atoms with E-state index < -0.39 is 0 Å². The van der Waals surface area contributed by atoms with E-state index in [0.717, 1.165) is 18.7 Å². The van der Waals surface area contributed by atoms with Gasteiger partial charge in [-0.1, -0.05) is 13.2 Å². The molecule has 0 amide bonds. The Kier molecular flexibility index (Phi) is 2.00. The maximum Gasteiger partial charge on any atom is 0.0675 e. The molecule has 0 aromatic carbocycles. The summed E-state index contributed by atoms with van der Waals surface area (Å²) in [6, 6.07) is 0.345. The first-order chi connectivity index (χ1) is 4.75. The molecule has 10 heavy (non-hydrogen) atoms. The Morgan fingerprint density at radius 2 is 2.40 bits per heavy atom. The van der Waals surface area contributed by atoms with Gasteiger partial charge in [0.25, 0.3) is 0 Å². The first kappa shape index (κ1) is 7.19. The van der Waals surface area contributed by atoms with Crippen LogP contribution in [0, 0.1) is 0 Å². The molecule has 0 aromatic rings. The topological polar surface area (TPSA) is 29.3 Å². The Morgan fingerprint density at radius 3 is 2.80 bits per heavy atom. The van der Waals surface area contributed by atoms with Gasteiger partial charge in [-0.15, -0.1) is 0 Å². The van der Waals surface area contributed by atoms with Crippen LogP contribution in [0.3, 0.4) is 0 Å². The van der Waals surface area contributed by atoms with Crippen molar-refractivity contribution >= 4 is 0 Å². The zero-order chi connectivity index (χ0) is 7.56. The minimum absolute atomic E-state index is 0.345. The summed E-state index contributed by atoms with van der Waals surface area (Å²) in [6.07, 6.45) is 4.17. The average Bonchev–Trinajstić information content (AvgIpc) is 2.33. The largest absolute Gasteiger partial charge is 0.401 e. The normalized spacial score (nSPS) is 24.8. The van der Waals surface area contributed by atoms with Crippen LogP contribution in [0.1, 0.15) is 12.8 Å². The van der Waals surface area contributed by atoms with Gasteiger partial charge in [0.1, 0.15) is 0 Å². The molecule has 0 aliphatic carbocycles. The smallest absolute Gasteiger partial charge is 0.0675 e. The predicted octanol–water partition coefficient (Wildman–Crippen LogP) is 1.07. The van der Waals surface area contributed by atoms with Gasteiger partial charge in [0, 0.05) is 12.2 Å². The van der Waals surface area contributed by atoms with E-state index in [9.17, 15) is 0 Å². The van der Waals surface area contributed by atoms with Crippen LogP contribution in [-0.4, -0.2) is 17.5 Å². The quantitative estimate of drug-likeness (QED) is 0.618. The van der Waals surface area contributed by atoms with E-state index in [1.807, 2.05) is 6.20 Å². The Bertz CT molecular complexity index is 151. The minimum Gasteiger partial charge on any atom is -0.401 e. The van der Waals surface area contributed by atoms with E-state index in [0.29, 0.717) is 6.04 Å². The van der Waals surface area contributed by atoms with Gasteiger partial charge in [-0.05, 0) is 19.0 Å². The highest BCUT2D eigenvalue weighted by atomic mass is 15.2. The molecule has 0 unspecified atom stereocenters. The summed E-state index contributed by atoms with van der Waals surface area (Å²) in [4.78, 5) is 2.14. The molecule has 0 bridgehead atoms. The fourth-order valence-corrected chi connectivity index (χ4v) is 1.41. The Hall–Kier alpha value is -0.920. The van der Waals surface area contributed by atoms with Gasteiger partial charge in [0.2, 0.25) is 0 Å². The molecule has 1 heterocycles. The molecule has 1 aliphatic rings. The summed E-state index contributed by atoms with van der Waals surface area (Å²) in [5.41, 5.74) is 6.34. The SMILES string of the molecule is C=CN1CCC[C@H]1C(=C)N. The lowest BCUT2D eigenvalue weighted by molar-refractivity contribution is 0.387. The van der Waals surface area contributed by atoms with Gasteiger partial charge in [0.05, 0.1) is 6.04 Å². The highest BCUT2D eigenvalue weighted by molar-refractivity contribution is 5.05. The van der Waals surface area contributed by atoms with Crippen molar-refractivity contribution in [2.45, 2.75) is 18.9 Å². The number of rotatable bonds is 2. The third-order valence-corrected chi connectivity index (χ3v) is 1.96. The fraction of sp³-hybridized carbons (Fsp3) is 0.500. The van der Waals surface area contributed by atoms with Crippen molar-refractivity contribution in [2.75, 3.05) is 6.54 Å². The van der Waals surface area contributed by atoms with Crippen LogP contribution in [0.25, 0.3) is 0 Å². The number of hydrogen-bond acceptors (Lipinski definition) is 2. The lowest BCUT2D eigenvalue weighted by Gasteiger charge is -2.21. The molecule has 0 radical (unpaired) electrons. The van der Waals surface area contributed by atoms with Gasteiger partial charge >= 0.3 is 0 Å². The van der Waals surface area contributed by atoms with Crippen molar-refractivity contribution in [1.29, 1.82) is 0 Å². The lowest BCUT2D eigenvalue weighted by atomic mass is 10.2. The van der Waals surface area contributed by atoms with Crippen LogP contribution in [0.5, 0.6) is 0 Å². The molecule has 0 saturated carbocycles. The van der Waals surface area contributed by atoms with Crippen molar-refractivity contribution < 1.29 is 0 Å². The Morgan fingerprint density at radius 1 is 1.70 bits per heavy atom. The van der Waals surface area contributed by atoms with Crippen molar-refractivity contribution in [1.82, 2.24) is 4.90 Å². The average molecular weight is 138 g/mol. The van der Waals surface area contributed by atoms with Crippen LogP contribution >= 0.6 is 0 Å². The van der Waals surface area contributed by atoms with E-state index in [4.69, 9.17) is 5.73 Å². The van der Waals surface area contributed by atoms with Gasteiger partial charge in [0.15, 0.2) is 0 Å². The van der Waals surface area contributed by atoms with Crippen LogP contribution in [0.4, 0.5) is 0 Å². The third kappa shape index (κ3) is 1.15. The number of likely N-dealkylation sites (tertiary alicyclic amines) is 1. The third-order valence-electron chi connectivity index (χ3n) is 1.96. The second-order valence-corrected chi connectivity index (χ2v) is 2.65. The molecular weight excluding hydrogens is 124 g/mol. The van der Waals surface area contributed by atoms with Crippen molar-refractivity contribution in [2.24, 2.45) is 5.73 Å². The van der Waals surface area contributed by atoms with Crippen molar-refractivity contribution in [3.05, 3.63) is 25.1 Å². The molecule has 0 spiro atoms. The van der Waals surface area contributed by atoms with Crippen LogP contribution in [0.15, 0.2) is 25.1 Å². The van der Waals surface area contributed by atoms with E-state index >= 15 is 0 Å². The highest BCUT2D eigenvalue weighted by Crippen LogP contribution is 2.19. The molecule has 56 valence electrons. The molecular formula is C8H14N2. The molecule has 1 aliphatic heterocycles. The maximum absolute atomic E-state index is 5.58. The summed E-state index contributed by atoms with van der Waals surface area (Å²) in [5.74, 6) is 0. The summed E-state index contributed by atoms with van der Waals surface area (Å²) in [7, 11) is 0. The van der Waals surface area contributed by atoms with Gasteiger partial charge in [-0.2, -0.15) is 0 Å². The number of nitrogens with zero attached hydrogens (tertiary/aromatic N) is 1. The zero-order valence-corrected chi connectivity index (χ0v) is 6.21. The summed E-state index contributed by atoms with van der Waals surface area (Å²) >= 11 is 0. The summed E-state index contributed by atoms with van der Waals surface area (Å²) in [5, 5.41) is 0. The molecule has 1 fully saturated rings. The second kappa shape index (κ2) is 2.78. The highest BCUT2D eigenvalue weighted by Gasteiger charge is 2.21. The van der Waals surface area contributed by atoms with E-state index in [1.165, 1.54) is 6.42 Å². The molecule has 2 nitrogen and oxygen atoms in total. The second-order valence-electron chi connectivity index (χ2n) is 2.65. The molecule has 1 saturated heterocycles. The molecule has 1 atom stereocenters. The van der Waals surface area contributed by atoms with Crippen molar-refractivity contribution in [3.8, 4) is 0 Å². The minimum atomic E-state index is 0.345. The molecule has 1 rings (SSSR count). The van der Waals surface area contributed by atoms with Crippen LogP contribution in [-0.2, 0) is 0 Å². The first-order valence-corrected chi connectivity index (χ1v) is 3.58. The number of nitrogens with two attached hydrogens (primary N) is 1. The Balaban J connectivity index is 2.58. The monoisotopic (exact) mass is 138 g/mol. The van der Waals surface area contributed by atoms with E-state index in [2.05, 4.69) is 18.1 Å². The van der Waals surface area contributed by atoms with E-state index in [-0.39, 0.29) is 0 Å². The van der Waals surface area contributed by atoms with Gasteiger partial charge in [-0.3, -0.25) is 0 Å². The first-order valence-electron chi connectivity index (χ1n) is 3.58.